The molecular weight excluding hydrogens is 274 g/mol. The number of aromatic nitrogens is 2. The molecule has 1 saturated carbocycles. The van der Waals surface area contributed by atoms with Crippen LogP contribution in [0.15, 0.2) is 16.7 Å². The number of nitrogen functional groups attached to an aromatic ring is 1. The maximum atomic E-state index is 5.76. The van der Waals surface area contributed by atoms with Crippen molar-refractivity contribution in [2.75, 3.05) is 12.8 Å². The zero-order valence-corrected chi connectivity index (χ0v) is 12.6. The monoisotopic (exact) mass is 293 g/mol. The quantitative estimate of drug-likeness (QED) is 0.938. The molecule has 0 aliphatic heterocycles. The van der Waals surface area contributed by atoms with Crippen LogP contribution in [0.3, 0.4) is 0 Å². The van der Waals surface area contributed by atoms with Gasteiger partial charge in [0, 0.05) is 7.11 Å². The summed E-state index contributed by atoms with van der Waals surface area (Å²) in [6.07, 6.45) is 4.14. The number of anilines is 1. The van der Waals surface area contributed by atoms with Crippen LogP contribution in [0.2, 0.25) is 0 Å². The van der Waals surface area contributed by atoms with Crippen molar-refractivity contribution in [1.82, 2.24) is 10.1 Å². The van der Waals surface area contributed by atoms with Gasteiger partial charge in [-0.25, -0.2) is 0 Å². The first-order valence-electron chi connectivity index (χ1n) is 6.88. The van der Waals surface area contributed by atoms with Crippen LogP contribution in [0.25, 0.3) is 10.8 Å². The molecule has 0 spiro atoms. The minimum absolute atomic E-state index is 0.392. The molecule has 0 radical (unpaired) electrons. The molecule has 1 aliphatic rings. The molecule has 5 nitrogen and oxygen atoms in total. The number of hydrogen-bond acceptors (Lipinski definition) is 6. The maximum Gasteiger partial charge on any atom is 0.268 e. The zero-order chi connectivity index (χ0) is 14.2. The van der Waals surface area contributed by atoms with Crippen molar-refractivity contribution in [3.8, 4) is 10.8 Å². The second-order valence-electron chi connectivity index (χ2n) is 5.51. The lowest BCUT2D eigenvalue weighted by atomic mass is 9.79. The summed E-state index contributed by atoms with van der Waals surface area (Å²) in [5.41, 5.74) is 5.35. The molecule has 1 aliphatic carbocycles. The fraction of sp³-hybridized carbons (Fsp3) is 0.571. The van der Waals surface area contributed by atoms with Gasteiger partial charge < -0.3 is 15.0 Å². The lowest BCUT2D eigenvalue weighted by molar-refractivity contribution is -0.0609. The van der Waals surface area contributed by atoms with Crippen molar-refractivity contribution >= 4 is 16.3 Å². The van der Waals surface area contributed by atoms with Crippen LogP contribution in [-0.2, 0) is 10.3 Å². The molecule has 0 unspecified atom stereocenters. The lowest BCUT2D eigenvalue weighted by Crippen LogP contribution is -2.34. The van der Waals surface area contributed by atoms with Crippen molar-refractivity contribution in [2.24, 2.45) is 5.92 Å². The van der Waals surface area contributed by atoms with Crippen LogP contribution in [0.1, 0.15) is 38.4 Å². The Morgan fingerprint density at radius 3 is 2.75 bits per heavy atom. The summed E-state index contributed by atoms with van der Waals surface area (Å²) in [6, 6.07) is 3.75. The Bertz CT molecular complexity index is 585. The Labute approximate surface area is 122 Å². The van der Waals surface area contributed by atoms with E-state index in [2.05, 4.69) is 17.1 Å². The highest BCUT2D eigenvalue weighted by molar-refractivity contribution is 7.19. The Morgan fingerprint density at radius 2 is 2.15 bits per heavy atom. The second-order valence-corrected chi connectivity index (χ2v) is 6.62. The normalized spacial score (nSPS) is 26.8. The van der Waals surface area contributed by atoms with Crippen LogP contribution < -0.4 is 5.73 Å². The summed E-state index contributed by atoms with van der Waals surface area (Å²) in [5, 5.41) is 4.89. The summed E-state index contributed by atoms with van der Waals surface area (Å²) < 4.78 is 11.1. The number of hydrogen-bond donors (Lipinski definition) is 1. The number of methoxy groups -OCH3 is 1. The second kappa shape index (κ2) is 5.18. The molecule has 3 rings (SSSR count). The minimum atomic E-state index is -0.392. The van der Waals surface area contributed by atoms with Crippen molar-refractivity contribution in [2.45, 2.75) is 38.2 Å². The molecule has 2 N–H and O–H groups in total. The minimum Gasteiger partial charge on any atom is -0.391 e. The predicted molar refractivity (Wildman–Crippen MR) is 78.3 cm³/mol. The van der Waals surface area contributed by atoms with E-state index in [1.54, 1.807) is 7.11 Å². The molecule has 0 saturated heterocycles. The highest BCUT2D eigenvalue weighted by Gasteiger charge is 2.40. The Balaban J connectivity index is 1.88. The van der Waals surface area contributed by atoms with Gasteiger partial charge in [-0.05, 0) is 43.7 Å². The number of nitrogens with zero attached hydrogens (tertiary/aromatic N) is 2. The first-order chi connectivity index (χ1) is 9.63. The highest BCUT2D eigenvalue weighted by atomic mass is 32.1. The van der Waals surface area contributed by atoms with Gasteiger partial charge in [-0.1, -0.05) is 12.1 Å². The van der Waals surface area contributed by atoms with E-state index in [1.807, 2.05) is 12.1 Å². The third kappa shape index (κ3) is 2.33. The third-order valence-electron chi connectivity index (χ3n) is 4.14. The number of ether oxygens (including phenoxy) is 1. The smallest absolute Gasteiger partial charge is 0.268 e. The third-order valence-corrected chi connectivity index (χ3v) is 5.05. The molecule has 2 heterocycles. The Morgan fingerprint density at radius 1 is 1.40 bits per heavy atom. The molecule has 0 amide bonds. The molecule has 2 aromatic heterocycles. The van der Waals surface area contributed by atoms with Gasteiger partial charge in [-0.3, -0.25) is 0 Å². The molecule has 6 heteroatoms. The summed E-state index contributed by atoms with van der Waals surface area (Å²) in [6.45, 7) is 2.27. The van der Waals surface area contributed by atoms with Crippen LogP contribution in [0.5, 0.6) is 0 Å². The molecule has 0 bridgehead atoms. The van der Waals surface area contributed by atoms with E-state index in [1.165, 1.54) is 11.3 Å². The summed E-state index contributed by atoms with van der Waals surface area (Å²) in [7, 11) is 1.73. The standard InChI is InChI=1S/C14H19N3O2S/c1-9-5-7-14(18-2,8-6-9)13-16-12(19-17-13)10-3-4-11(15)20-10/h3-4,9H,5-8,15H2,1-2H3. The van der Waals surface area contributed by atoms with Gasteiger partial charge in [-0.2, -0.15) is 4.98 Å². The average molecular weight is 293 g/mol. The van der Waals surface area contributed by atoms with Crippen molar-refractivity contribution in [3.05, 3.63) is 18.0 Å². The van der Waals surface area contributed by atoms with E-state index < -0.39 is 5.60 Å². The molecule has 108 valence electrons. The SMILES string of the molecule is COC1(c2noc(-c3ccc(N)s3)n2)CCC(C)CC1. The molecule has 1 fully saturated rings. The number of rotatable bonds is 3. The molecule has 20 heavy (non-hydrogen) atoms. The number of nitrogens with two attached hydrogens (primary N) is 1. The molecule has 0 atom stereocenters. The van der Waals surface area contributed by atoms with Crippen LogP contribution in [-0.4, -0.2) is 17.3 Å². The summed E-state index contributed by atoms with van der Waals surface area (Å²) in [5.74, 6) is 1.92. The topological polar surface area (TPSA) is 74.2 Å². The Hall–Kier alpha value is -1.40. The Kier molecular flexibility index (Phi) is 3.52. The number of thiophene rings is 1. The molecular formula is C14H19N3O2S. The summed E-state index contributed by atoms with van der Waals surface area (Å²) in [4.78, 5) is 5.44. The fourth-order valence-corrected chi connectivity index (χ4v) is 3.42. The van der Waals surface area contributed by atoms with Gasteiger partial charge in [0.25, 0.3) is 5.89 Å². The van der Waals surface area contributed by atoms with E-state index in [-0.39, 0.29) is 0 Å². The molecule has 2 aromatic rings. The van der Waals surface area contributed by atoms with Gasteiger partial charge >= 0.3 is 0 Å². The highest BCUT2D eigenvalue weighted by Crippen LogP contribution is 2.41. The average Bonchev–Trinajstić information content (AvgIpc) is 3.09. The van der Waals surface area contributed by atoms with Gasteiger partial charge in [0.05, 0.1) is 9.88 Å². The predicted octanol–water partition coefficient (Wildman–Crippen LogP) is 3.43. The van der Waals surface area contributed by atoms with Gasteiger partial charge in [-0.15, -0.1) is 11.3 Å². The first kappa shape index (κ1) is 13.6. The van der Waals surface area contributed by atoms with Crippen molar-refractivity contribution in [3.63, 3.8) is 0 Å². The largest absolute Gasteiger partial charge is 0.391 e. The molecule has 0 aromatic carbocycles. The maximum absolute atomic E-state index is 5.76. The van der Waals surface area contributed by atoms with Crippen LogP contribution >= 0.6 is 11.3 Å². The van der Waals surface area contributed by atoms with Crippen molar-refractivity contribution in [1.29, 1.82) is 0 Å². The lowest BCUT2D eigenvalue weighted by Gasteiger charge is -2.35. The van der Waals surface area contributed by atoms with Gasteiger partial charge in [0.2, 0.25) is 5.82 Å². The van der Waals surface area contributed by atoms with E-state index in [0.717, 1.165) is 41.5 Å². The van der Waals surface area contributed by atoms with Crippen molar-refractivity contribution < 1.29 is 9.26 Å². The fourth-order valence-electron chi connectivity index (χ4n) is 2.72. The zero-order valence-electron chi connectivity index (χ0n) is 11.8. The van der Waals surface area contributed by atoms with E-state index in [9.17, 15) is 0 Å². The van der Waals surface area contributed by atoms with Crippen LogP contribution in [0, 0.1) is 5.92 Å². The van der Waals surface area contributed by atoms with E-state index >= 15 is 0 Å². The first-order valence-corrected chi connectivity index (χ1v) is 7.69. The van der Waals surface area contributed by atoms with E-state index in [0.29, 0.717) is 11.7 Å². The summed E-state index contributed by atoms with van der Waals surface area (Å²) >= 11 is 1.45. The van der Waals surface area contributed by atoms with Crippen LogP contribution in [0.4, 0.5) is 5.00 Å². The van der Waals surface area contributed by atoms with Gasteiger partial charge in [0.15, 0.2) is 0 Å². The van der Waals surface area contributed by atoms with Gasteiger partial charge in [0.1, 0.15) is 5.60 Å². The van der Waals surface area contributed by atoms with E-state index in [4.69, 9.17) is 15.0 Å².